The third-order valence-electron chi connectivity index (χ3n) is 2.87. The summed E-state index contributed by atoms with van der Waals surface area (Å²) >= 11 is 0. The molecule has 0 aliphatic heterocycles. The second kappa shape index (κ2) is 6.36. The van der Waals surface area contributed by atoms with E-state index in [0.717, 1.165) is 0 Å². The van der Waals surface area contributed by atoms with E-state index < -0.39 is 0 Å². The Morgan fingerprint density at radius 2 is 2.17 bits per heavy atom. The number of benzene rings is 1. The first kappa shape index (κ1) is 14.5. The fourth-order valence-corrected chi connectivity index (χ4v) is 1.69. The van der Waals surface area contributed by atoms with Gasteiger partial charge in [0.05, 0.1) is 6.54 Å². The molecule has 0 saturated carbocycles. The molecule has 1 amide bonds. The molecule has 0 aliphatic rings. The third-order valence-corrected chi connectivity index (χ3v) is 2.87. The molecule has 0 saturated heterocycles. The standard InChI is InChI=1S/C15H22N2O/c1-5-9-16-14(18)11-17-15(3,4)13-8-6-7-12(2)10-13/h5-8,10,17H,1,9,11H2,2-4H3,(H,16,18). The number of hydrogen-bond acceptors (Lipinski definition) is 2. The van der Waals surface area contributed by atoms with Gasteiger partial charge in [0, 0.05) is 12.1 Å². The lowest BCUT2D eigenvalue weighted by Crippen LogP contribution is -2.43. The molecule has 3 nitrogen and oxygen atoms in total. The third kappa shape index (κ3) is 4.34. The maximum absolute atomic E-state index is 11.5. The molecule has 0 heterocycles. The van der Waals surface area contributed by atoms with Gasteiger partial charge in [-0.1, -0.05) is 35.9 Å². The molecular weight excluding hydrogens is 224 g/mol. The molecule has 0 aromatic heterocycles. The van der Waals surface area contributed by atoms with E-state index in [-0.39, 0.29) is 11.4 Å². The molecule has 3 heteroatoms. The van der Waals surface area contributed by atoms with Crippen LogP contribution in [0.5, 0.6) is 0 Å². The van der Waals surface area contributed by atoms with Crippen LogP contribution in [0.4, 0.5) is 0 Å². The molecule has 0 spiro atoms. The Morgan fingerprint density at radius 1 is 1.44 bits per heavy atom. The average molecular weight is 246 g/mol. The fraction of sp³-hybridized carbons (Fsp3) is 0.400. The van der Waals surface area contributed by atoms with Gasteiger partial charge >= 0.3 is 0 Å². The highest BCUT2D eigenvalue weighted by atomic mass is 16.1. The first-order chi connectivity index (χ1) is 8.45. The molecule has 98 valence electrons. The van der Waals surface area contributed by atoms with Gasteiger partial charge < -0.3 is 5.32 Å². The van der Waals surface area contributed by atoms with Crippen molar-refractivity contribution in [3.05, 3.63) is 48.0 Å². The minimum atomic E-state index is -0.225. The number of nitrogens with one attached hydrogen (secondary N) is 2. The van der Waals surface area contributed by atoms with Crippen molar-refractivity contribution in [3.63, 3.8) is 0 Å². The predicted molar refractivity (Wildman–Crippen MR) is 75.4 cm³/mol. The Balaban J connectivity index is 2.59. The van der Waals surface area contributed by atoms with E-state index >= 15 is 0 Å². The molecule has 0 radical (unpaired) electrons. The van der Waals surface area contributed by atoms with Crippen LogP contribution in [-0.2, 0) is 10.3 Å². The summed E-state index contributed by atoms with van der Waals surface area (Å²) in [5.41, 5.74) is 2.18. The van der Waals surface area contributed by atoms with Gasteiger partial charge in [0.2, 0.25) is 5.91 Å². The molecule has 0 atom stereocenters. The van der Waals surface area contributed by atoms with Crippen molar-refractivity contribution in [3.8, 4) is 0 Å². The van der Waals surface area contributed by atoms with Crippen molar-refractivity contribution < 1.29 is 4.79 Å². The normalized spacial score (nSPS) is 11.1. The lowest BCUT2D eigenvalue weighted by molar-refractivity contribution is -0.120. The Kier molecular flexibility index (Phi) is 5.10. The largest absolute Gasteiger partial charge is 0.352 e. The zero-order valence-corrected chi connectivity index (χ0v) is 11.4. The summed E-state index contributed by atoms with van der Waals surface area (Å²) < 4.78 is 0. The quantitative estimate of drug-likeness (QED) is 0.755. The molecule has 0 aliphatic carbocycles. The summed E-state index contributed by atoms with van der Waals surface area (Å²) in [6, 6.07) is 8.30. The zero-order chi connectivity index (χ0) is 13.6. The van der Waals surface area contributed by atoms with Crippen molar-refractivity contribution in [2.45, 2.75) is 26.3 Å². The van der Waals surface area contributed by atoms with Crippen LogP contribution in [0, 0.1) is 6.92 Å². The van der Waals surface area contributed by atoms with Gasteiger partial charge in [0.25, 0.3) is 0 Å². The summed E-state index contributed by atoms with van der Waals surface area (Å²) in [6.07, 6.45) is 1.67. The Labute approximate surface area is 109 Å². The number of aryl methyl sites for hydroxylation is 1. The van der Waals surface area contributed by atoms with Crippen LogP contribution in [0.25, 0.3) is 0 Å². The lowest BCUT2D eigenvalue weighted by Gasteiger charge is -2.27. The molecule has 0 unspecified atom stereocenters. The number of carbonyl (C=O) groups is 1. The smallest absolute Gasteiger partial charge is 0.234 e. The van der Waals surface area contributed by atoms with E-state index in [9.17, 15) is 4.79 Å². The number of hydrogen-bond donors (Lipinski definition) is 2. The molecular formula is C15H22N2O. The van der Waals surface area contributed by atoms with Gasteiger partial charge in [0.15, 0.2) is 0 Å². The van der Waals surface area contributed by atoms with E-state index in [2.05, 4.69) is 56.2 Å². The molecule has 1 aromatic rings. The monoisotopic (exact) mass is 246 g/mol. The number of rotatable bonds is 6. The summed E-state index contributed by atoms with van der Waals surface area (Å²) in [5.74, 6) is -0.0179. The van der Waals surface area contributed by atoms with Gasteiger partial charge in [-0.25, -0.2) is 0 Å². The maximum atomic E-state index is 11.5. The molecule has 1 aromatic carbocycles. The van der Waals surface area contributed by atoms with E-state index in [0.29, 0.717) is 13.1 Å². The van der Waals surface area contributed by atoms with Crippen LogP contribution < -0.4 is 10.6 Å². The van der Waals surface area contributed by atoms with Crippen LogP contribution >= 0.6 is 0 Å². The van der Waals surface area contributed by atoms with Crippen LogP contribution in [0.15, 0.2) is 36.9 Å². The van der Waals surface area contributed by atoms with Gasteiger partial charge in [-0.3, -0.25) is 10.1 Å². The van der Waals surface area contributed by atoms with Crippen LogP contribution in [-0.4, -0.2) is 19.0 Å². The number of amides is 1. The van der Waals surface area contributed by atoms with Gasteiger partial charge in [-0.2, -0.15) is 0 Å². The summed E-state index contributed by atoms with van der Waals surface area (Å²) in [5, 5.41) is 6.01. The molecule has 0 fully saturated rings. The van der Waals surface area contributed by atoms with Crippen molar-refractivity contribution in [1.29, 1.82) is 0 Å². The first-order valence-corrected chi connectivity index (χ1v) is 6.15. The SMILES string of the molecule is C=CCNC(=O)CNC(C)(C)c1cccc(C)c1. The van der Waals surface area contributed by atoms with E-state index in [1.54, 1.807) is 6.08 Å². The molecule has 18 heavy (non-hydrogen) atoms. The predicted octanol–water partition coefficient (Wildman–Crippen LogP) is 2.12. The van der Waals surface area contributed by atoms with E-state index in [4.69, 9.17) is 0 Å². The molecule has 0 bridgehead atoms. The molecule has 1 rings (SSSR count). The zero-order valence-electron chi connectivity index (χ0n) is 11.4. The second-order valence-electron chi connectivity index (χ2n) is 4.94. The van der Waals surface area contributed by atoms with Gasteiger partial charge in [0.1, 0.15) is 0 Å². The van der Waals surface area contributed by atoms with Crippen molar-refractivity contribution in [2.24, 2.45) is 0 Å². The lowest BCUT2D eigenvalue weighted by atomic mass is 9.93. The highest BCUT2D eigenvalue weighted by Gasteiger charge is 2.20. The summed E-state index contributed by atoms with van der Waals surface area (Å²) in [7, 11) is 0. The maximum Gasteiger partial charge on any atom is 0.234 e. The van der Waals surface area contributed by atoms with E-state index in [1.165, 1.54) is 11.1 Å². The summed E-state index contributed by atoms with van der Waals surface area (Å²) in [4.78, 5) is 11.5. The highest BCUT2D eigenvalue weighted by molar-refractivity contribution is 5.78. The molecule has 2 N–H and O–H groups in total. The van der Waals surface area contributed by atoms with Crippen molar-refractivity contribution >= 4 is 5.91 Å². The number of carbonyl (C=O) groups excluding carboxylic acids is 1. The van der Waals surface area contributed by atoms with E-state index in [1.807, 2.05) is 6.07 Å². The first-order valence-electron chi connectivity index (χ1n) is 6.15. The van der Waals surface area contributed by atoms with Crippen LogP contribution in [0.3, 0.4) is 0 Å². The van der Waals surface area contributed by atoms with Crippen molar-refractivity contribution in [1.82, 2.24) is 10.6 Å². The van der Waals surface area contributed by atoms with Gasteiger partial charge in [-0.15, -0.1) is 6.58 Å². The van der Waals surface area contributed by atoms with Crippen LogP contribution in [0.1, 0.15) is 25.0 Å². The fourth-order valence-electron chi connectivity index (χ4n) is 1.69. The summed E-state index contributed by atoms with van der Waals surface area (Å²) in [6.45, 7) is 10.6. The Bertz CT molecular complexity index is 424. The Morgan fingerprint density at radius 3 is 2.78 bits per heavy atom. The van der Waals surface area contributed by atoms with Crippen molar-refractivity contribution in [2.75, 3.05) is 13.1 Å². The topological polar surface area (TPSA) is 41.1 Å². The highest BCUT2D eigenvalue weighted by Crippen LogP contribution is 2.20. The minimum absolute atomic E-state index is 0.0179. The Hall–Kier alpha value is -1.61. The minimum Gasteiger partial charge on any atom is -0.352 e. The second-order valence-corrected chi connectivity index (χ2v) is 4.94. The van der Waals surface area contributed by atoms with Gasteiger partial charge in [-0.05, 0) is 26.3 Å². The average Bonchev–Trinajstić information content (AvgIpc) is 2.34. The van der Waals surface area contributed by atoms with Crippen LogP contribution in [0.2, 0.25) is 0 Å².